The van der Waals surface area contributed by atoms with Crippen molar-refractivity contribution < 1.29 is 29.4 Å². The summed E-state index contributed by atoms with van der Waals surface area (Å²) in [6.45, 7) is 1.16. The molecule has 1 aromatic carbocycles. The zero-order valence-corrected chi connectivity index (χ0v) is 16.8. The van der Waals surface area contributed by atoms with Crippen LogP contribution in [0, 0.1) is 0 Å². The highest BCUT2D eigenvalue weighted by molar-refractivity contribution is 5.93. The zero-order chi connectivity index (χ0) is 22.3. The molecule has 0 aliphatic carbocycles. The van der Waals surface area contributed by atoms with Crippen LogP contribution in [0.5, 0.6) is 0 Å². The van der Waals surface area contributed by atoms with Crippen molar-refractivity contribution in [3.63, 3.8) is 0 Å². The number of nitrogens with one attached hydrogen (secondary N) is 2. The van der Waals surface area contributed by atoms with Gasteiger partial charge in [0.15, 0.2) is 6.04 Å². The summed E-state index contributed by atoms with van der Waals surface area (Å²) in [6.07, 6.45) is 0.138. The molecule has 1 aliphatic rings. The van der Waals surface area contributed by atoms with E-state index in [1.54, 1.807) is 0 Å². The molecule has 4 atom stereocenters. The van der Waals surface area contributed by atoms with Crippen LogP contribution in [0.15, 0.2) is 30.3 Å². The lowest BCUT2D eigenvalue weighted by Gasteiger charge is -2.27. The molecule has 0 radical (unpaired) electrons. The van der Waals surface area contributed by atoms with Crippen LogP contribution >= 0.6 is 0 Å². The molecule has 1 saturated heterocycles. The van der Waals surface area contributed by atoms with Crippen LogP contribution in [0.2, 0.25) is 0 Å². The SMILES string of the molecule is CC(O)C(NC(=O)CNC(=O)C1CCCN1C(=O)C(N)Cc1ccccc1)C(=O)O. The third-order valence-electron chi connectivity index (χ3n) is 4.94. The second kappa shape index (κ2) is 10.7. The van der Waals surface area contributed by atoms with E-state index in [1.807, 2.05) is 30.3 Å². The fourth-order valence-electron chi connectivity index (χ4n) is 3.37. The van der Waals surface area contributed by atoms with Crippen molar-refractivity contribution in [2.24, 2.45) is 5.73 Å². The van der Waals surface area contributed by atoms with Crippen LogP contribution in [0.4, 0.5) is 0 Å². The molecule has 0 spiro atoms. The van der Waals surface area contributed by atoms with Crippen molar-refractivity contribution in [2.45, 2.75) is 50.4 Å². The van der Waals surface area contributed by atoms with Crippen LogP contribution in [0.25, 0.3) is 0 Å². The van der Waals surface area contributed by atoms with Gasteiger partial charge in [-0.15, -0.1) is 0 Å². The zero-order valence-electron chi connectivity index (χ0n) is 16.8. The van der Waals surface area contributed by atoms with Crippen LogP contribution in [0.1, 0.15) is 25.3 Å². The summed E-state index contributed by atoms with van der Waals surface area (Å²) in [5.41, 5.74) is 6.98. The summed E-state index contributed by atoms with van der Waals surface area (Å²) in [6, 6.07) is 6.33. The fourth-order valence-corrected chi connectivity index (χ4v) is 3.37. The maximum atomic E-state index is 12.7. The van der Waals surface area contributed by atoms with E-state index in [4.69, 9.17) is 10.8 Å². The summed E-state index contributed by atoms with van der Waals surface area (Å²) < 4.78 is 0. The van der Waals surface area contributed by atoms with Crippen molar-refractivity contribution in [2.75, 3.05) is 13.1 Å². The Morgan fingerprint density at radius 2 is 1.90 bits per heavy atom. The van der Waals surface area contributed by atoms with Crippen LogP contribution in [0.3, 0.4) is 0 Å². The van der Waals surface area contributed by atoms with Gasteiger partial charge in [-0.2, -0.15) is 0 Å². The lowest BCUT2D eigenvalue weighted by atomic mass is 10.1. The maximum absolute atomic E-state index is 12.7. The van der Waals surface area contributed by atoms with E-state index in [2.05, 4.69) is 10.6 Å². The van der Waals surface area contributed by atoms with Gasteiger partial charge < -0.3 is 31.5 Å². The largest absolute Gasteiger partial charge is 0.480 e. The predicted molar refractivity (Wildman–Crippen MR) is 107 cm³/mol. The number of hydrogen-bond donors (Lipinski definition) is 5. The van der Waals surface area contributed by atoms with Gasteiger partial charge in [0.25, 0.3) is 0 Å². The summed E-state index contributed by atoms with van der Waals surface area (Å²) in [5, 5.41) is 22.9. The van der Waals surface area contributed by atoms with Gasteiger partial charge in [0.2, 0.25) is 17.7 Å². The van der Waals surface area contributed by atoms with Gasteiger partial charge in [0.05, 0.1) is 18.7 Å². The van der Waals surface area contributed by atoms with Gasteiger partial charge in [-0.25, -0.2) is 4.79 Å². The van der Waals surface area contributed by atoms with E-state index in [9.17, 15) is 24.3 Å². The van der Waals surface area contributed by atoms with Crippen molar-refractivity contribution in [3.05, 3.63) is 35.9 Å². The number of hydrogen-bond acceptors (Lipinski definition) is 6. The van der Waals surface area contributed by atoms with Crippen molar-refractivity contribution in [3.8, 4) is 0 Å². The van der Waals surface area contributed by atoms with Crippen LogP contribution in [-0.2, 0) is 25.6 Å². The minimum Gasteiger partial charge on any atom is -0.480 e. The summed E-state index contributed by atoms with van der Waals surface area (Å²) in [5.74, 6) is -2.98. The van der Waals surface area contributed by atoms with Crippen molar-refractivity contribution in [1.82, 2.24) is 15.5 Å². The number of aliphatic carboxylic acids is 1. The third-order valence-corrected chi connectivity index (χ3v) is 4.94. The van der Waals surface area contributed by atoms with Gasteiger partial charge in [-0.1, -0.05) is 30.3 Å². The molecule has 1 heterocycles. The van der Waals surface area contributed by atoms with E-state index in [0.29, 0.717) is 25.8 Å². The Kier molecular flexibility index (Phi) is 8.31. The molecule has 1 aliphatic heterocycles. The molecule has 10 heteroatoms. The fraction of sp³-hybridized carbons (Fsp3) is 0.500. The number of amides is 3. The lowest BCUT2D eigenvalue weighted by Crippen LogP contribution is -2.54. The Morgan fingerprint density at radius 3 is 2.50 bits per heavy atom. The lowest BCUT2D eigenvalue weighted by molar-refractivity contribution is -0.144. The first kappa shape index (κ1) is 23.3. The third kappa shape index (κ3) is 6.26. The number of benzene rings is 1. The van der Waals surface area contributed by atoms with E-state index in [0.717, 1.165) is 5.56 Å². The van der Waals surface area contributed by atoms with Gasteiger partial charge in [0.1, 0.15) is 6.04 Å². The Morgan fingerprint density at radius 1 is 1.23 bits per heavy atom. The Balaban J connectivity index is 1.89. The molecule has 164 valence electrons. The van der Waals surface area contributed by atoms with E-state index in [-0.39, 0.29) is 5.91 Å². The standard InChI is InChI=1S/C20H28N4O6/c1-12(25)17(20(29)30)23-16(26)11-22-18(27)15-8-5-9-24(15)19(28)14(21)10-13-6-3-2-4-7-13/h2-4,6-7,12,14-15,17,25H,5,8-11,21H2,1H3,(H,22,27)(H,23,26)(H,29,30). The quantitative estimate of drug-likeness (QED) is 0.329. The number of nitrogens with two attached hydrogens (primary N) is 1. The first-order chi connectivity index (χ1) is 14.2. The van der Waals surface area contributed by atoms with Gasteiger partial charge in [0, 0.05) is 6.54 Å². The smallest absolute Gasteiger partial charge is 0.328 e. The summed E-state index contributed by atoms with van der Waals surface area (Å²) in [7, 11) is 0. The number of aliphatic hydroxyl groups is 1. The van der Waals surface area contributed by atoms with Gasteiger partial charge in [-0.05, 0) is 31.7 Å². The average Bonchev–Trinajstić information content (AvgIpc) is 3.19. The number of carboxylic acid groups (broad SMARTS) is 1. The second-order valence-electron chi connectivity index (χ2n) is 7.33. The molecule has 2 rings (SSSR count). The molecule has 30 heavy (non-hydrogen) atoms. The van der Waals surface area contributed by atoms with E-state index < -0.39 is 48.6 Å². The molecule has 1 fully saturated rings. The number of carbonyl (C=O) groups is 4. The number of carbonyl (C=O) groups excluding carboxylic acids is 3. The highest BCUT2D eigenvalue weighted by atomic mass is 16.4. The normalized spacial score (nSPS) is 18.9. The van der Waals surface area contributed by atoms with E-state index in [1.165, 1.54) is 11.8 Å². The van der Waals surface area contributed by atoms with Gasteiger partial charge in [-0.3, -0.25) is 14.4 Å². The Labute approximate surface area is 174 Å². The Hall–Kier alpha value is -2.98. The van der Waals surface area contributed by atoms with E-state index >= 15 is 0 Å². The molecular formula is C20H28N4O6. The number of carboxylic acids is 1. The molecule has 0 bridgehead atoms. The van der Waals surface area contributed by atoms with Crippen molar-refractivity contribution in [1.29, 1.82) is 0 Å². The number of rotatable bonds is 9. The maximum Gasteiger partial charge on any atom is 0.328 e. The van der Waals surface area contributed by atoms with Crippen molar-refractivity contribution >= 4 is 23.7 Å². The van der Waals surface area contributed by atoms with Crippen LogP contribution < -0.4 is 16.4 Å². The molecule has 6 N–H and O–H groups in total. The molecule has 0 aromatic heterocycles. The number of aliphatic hydroxyl groups excluding tert-OH is 1. The first-order valence-electron chi connectivity index (χ1n) is 9.78. The highest BCUT2D eigenvalue weighted by Gasteiger charge is 2.36. The minimum absolute atomic E-state index is 0.332. The highest BCUT2D eigenvalue weighted by Crippen LogP contribution is 2.19. The molecular weight excluding hydrogens is 392 g/mol. The molecule has 4 unspecified atom stereocenters. The second-order valence-corrected chi connectivity index (χ2v) is 7.33. The molecule has 3 amide bonds. The number of likely N-dealkylation sites (tertiary alicyclic amines) is 1. The van der Waals surface area contributed by atoms with Crippen LogP contribution in [-0.4, -0.2) is 76.1 Å². The molecule has 1 aromatic rings. The topological polar surface area (TPSA) is 162 Å². The minimum atomic E-state index is -1.48. The van der Waals surface area contributed by atoms with Gasteiger partial charge >= 0.3 is 5.97 Å². The molecule has 0 saturated carbocycles. The summed E-state index contributed by atoms with van der Waals surface area (Å²) >= 11 is 0. The molecule has 10 nitrogen and oxygen atoms in total. The Bertz CT molecular complexity index is 770. The first-order valence-corrected chi connectivity index (χ1v) is 9.78. The number of nitrogens with zero attached hydrogens (tertiary/aromatic N) is 1. The summed E-state index contributed by atoms with van der Waals surface area (Å²) in [4.78, 5) is 49.6. The predicted octanol–water partition coefficient (Wildman–Crippen LogP) is -1.39. The monoisotopic (exact) mass is 420 g/mol. The average molecular weight is 420 g/mol.